The summed E-state index contributed by atoms with van der Waals surface area (Å²) in [7, 11) is 0. The predicted octanol–water partition coefficient (Wildman–Crippen LogP) is -2.46. The van der Waals surface area contributed by atoms with Crippen LogP contribution in [0.5, 0.6) is 0 Å². The lowest BCUT2D eigenvalue weighted by Crippen LogP contribution is -2.49. The van der Waals surface area contributed by atoms with Gasteiger partial charge in [-0.25, -0.2) is 11.7 Å². The maximum absolute atomic E-state index is 11.5. The molecule has 0 saturated carbocycles. The average molecular weight is 316 g/mol. The molecule has 10 heteroatoms. The molecule has 126 valence electrons. The normalized spacial score (nSPS) is 12.7. The van der Waals surface area contributed by atoms with Crippen molar-refractivity contribution < 1.29 is 19.2 Å². The van der Waals surface area contributed by atoms with E-state index in [-0.39, 0.29) is 11.8 Å². The second-order valence-electron chi connectivity index (χ2n) is 4.81. The molecule has 0 radical (unpaired) electrons. The molecule has 0 bridgehead atoms. The number of nitrogens with two attached hydrogens (primary N) is 2. The minimum Gasteiger partial charge on any atom is -0.344 e. The van der Waals surface area contributed by atoms with Crippen LogP contribution < -0.4 is 33.2 Å². The Hall–Kier alpha value is -2.20. The number of nitrogens with one attached hydrogen (secondary N) is 4. The van der Waals surface area contributed by atoms with Crippen LogP contribution in [0.25, 0.3) is 0 Å². The van der Waals surface area contributed by atoms with Crippen LogP contribution in [0.1, 0.15) is 39.5 Å². The Morgan fingerprint density at radius 1 is 0.773 bits per heavy atom. The Morgan fingerprint density at radius 3 is 1.32 bits per heavy atom. The van der Waals surface area contributed by atoms with E-state index in [4.69, 9.17) is 11.7 Å². The molecule has 0 aromatic heterocycles. The lowest BCUT2D eigenvalue weighted by molar-refractivity contribution is -0.128. The van der Waals surface area contributed by atoms with Crippen molar-refractivity contribution in [3.05, 3.63) is 0 Å². The zero-order chi connectivity index (χ0) is 17.1. The number of unbranched alkanes of at least 4 members (excludes halogenated alkanes) is 1. The minimum absolute atomic E-state index is 0.341. The lowest BCUT2D eigenvalue weighted by atomic mass is 10.0. The van der Waals surface area contributed by atoms with E-state index in [0.29, 0.717) is 25.7 Å². The van der Waals surface area contributed by atoms with Crippen molar-refractivity contribution in [1.82, 2.24) is 21.5 Å². The number of hydrogen-bond donors (Lipinski definition) is 6. The highest BCUT2D eigenvalue weighted by Crippen LogP contribution is 2.07. The van der Waals surface area contributed by atoms with Crippen LogP contribution in [0, 0.1) is 0 Å². The van der Waals surface area contributed by atoms with Crippen LogP contribution in [0.3, 0.4) is 0 Å². The lowest BCUT2D eigenvalue weighted by Gasteiger charge is -2.18. The fraction of sp³-hybridized carbons (Fsp3) is 0.667. The van der Waals surface area contributed by atoms with E-state index in [1.54, 1.807) is 0 Å². The van der Waals surface area contributed by atoms with Gasteiger partial charge in [0, 0.05) is 13.8 Å². The largest absolute Gasteiger partial charge is 0.344 e. The van der Waals surface area contributed by atoms with Crippen molar-refractivity contribution in [2.75, 3.05) is 0 Å². The van der Waals surface area contributed by atoms with Crippen LogP contribution in [-0.2, 0) is 19.2 Å². The summed E-state index contributed by atoms with van der Waals surface area (Å²) >= 11 is 0. The highest BCUT2D eigenvalue weighted by molar-refractivity contribution is 5.87. The molecule has 0 fully saturated rings. The quantitative estimate of drug-likeness (QED) is 0.119. The maximum atomic E-state index is 11.5. The minimum atomic E-state index is -0.731. The van der Waals surface area contributed by atoms with Gasteiger partial charge in [-0.05, 0) is 12.8 Å². The van der Waals surface area contributed by atoms with Crippen LogP contribution in [0.4, 0.5) is 0 Å². The van der Waals surface area contributed by atoms with Gasteiger partial charge < -0.3 is 10.6 Å². The van der Waals surface area contributed by atoms with E-state index < -0.39 is 23.9 Å². The van der Waals surface area contributed by atoms with Gasteiger partial charge in [0.05, 0.1) is 0 Å². The SMILES string of the molecule is CC(=O)NC(CCCCC(NC(C)=O)C(=O)NN)C(=O)NN. The molecule has 22 heavy (non-hydrogen) atoms. The van der Waals surface area contributed by atoms with E-state index >= 15 is 0 Å². The summed E-state index contributed by atoms with van der Waals surface area (Å²) in [6.07, 6.45) is 1.82. The Morgan fingerprint density at radius 2 is 1.09 bits per heavy atom. The molecule has 0 aliphatic heterocycles. The van der Waals surface area contributed by atoms with Crippen molar-refractivity contribution in [3.8, 4) is 0 Å². The van der Waals surface area contributed by atoms with Crippen molar-refractivity contribution in [1.29, 1.82) is 0 Å². The van der Waals surface area contributed by atoms with Crippen LogP contribution >= 0.6 is 0 Å². The Bertz CT molecular complexity index is 376. The van der Waals surface area contributed by atoms with Gasteiger partial charge in [-0.2, -0.15) is 0 Å². The van der Waals surface area contributed by atoms with Crippen molar-refractivity contribution in [2.45, 2.75) is 51.6 Å². The van der Waals surface area contributed by atoms with Gasteiger partial charge in [0.2, 0.25) is 11.8 Å². The van der Waals surface area contributed by atoms with E-state index in [1.807, 2.05) is 10.9 Å². The topological polar surface area (TPSA) is 168 Å². The molecule has 2 atom stereocenters. The van der Waals surface area contributed by atoms with Gasteiger partial charge in [-0.3, -0.25) is 30.0 Å². The zero-order valence-electron chi connectivity index (χ0n) is 12.8. The second-order valence-corrected chi connectivity index (χ2v) is 4.81. The summed E-state index contributed by atoms with van der Waals surface area (Å²) in [5.41, 5.74) is 3.96. The molecule has 0 saturated heterocycles. The van der Waals surface area contributed by atoms with Gasteiger partial charge >= 0.3 is 0 Å². The van der Waals surface area contributed by atoms with E-state index in [0.717, 1.165) is 0 Å². The fourth-order valence-corrected chi connectivity index (χ4v) is 1.93. The highest BCUT2D eigenvalue weighted by atomic mass is 16.2. The first-order valence-corrected chi connectivity index (χ1v) is 6.87. The maximum Gasteiger partial charge on any atom is 0.256 e. The number of carbonyl (C=O) groups excluding carboxylic acids is 4. The molecule has 0 heterocycles. The van der Waals surface area contributed by atoms with Crippen molar-refractivity contribution >= 4 is 23.6 Å². The Balaban J connectivity index is 4.33. The second kappa shape index (κ2) is 10.5. The fourth-order valence-electron chi connectivity index (χ4n) is 1.93. The van der Waals surface area contributed by atoms with Crippen molar-refractivity contribution in [3.63, 3.8) is 0 Å². The molecule has 0 aliphatic carbocycles. The van der Waals surface area contributed by atoms with Gasteiger partial charge in [-0.1, -0.05) is 12.8 Å². The third-order valence-electron chi connectivity index (χ3n) is 2.91. The first-order chi connectivity index (χ1) is 10.3. The molecule has 0 spiro atoms. The Labute approximate surface area is 128 Å². The molecular weight excluding hydrogens is 292 g/mol. The third-order valence-corrected chi connectivity index (χ3v) is 2.91. The van der Waals surface area contributed by atoms with E-state index in [2.05, 4.69) is 10.6 Å². The summed E-state index contributed by atoms with van der Waals surface area (Å²) in [5, 5.41) is 4.97. The number of amides is 4. The van der Waals surface area contributed by atoms with Gasteiger partial charge in [0.15, 0.2) is 0 Å². The smallest absolute Gasteiger partial charge is 0.256 e. The number of carbonyl (C=O) groups is 4. The molecule has 0 aromatic carbocycles. The summed E-state index contributed by atoms with van der Waals surface area (Å²) in [6.45, 7) is 2.60. The molecule has 0 rings (SSSR count). The summed E-state index contributed by atoms with van der Waals surface area (Å²) in [5.74, 6) is 8.43. The molecule has 0 aromatic rings. The van der Waals surface area contributed by atoms with E-state index in [9.17, 15) is 19.2 Å². The first kappa shape index (κ1) is 19.8. The average Bonchev–Trinajstić information content (AvgIpc) is 2.46. The first-order valence-electron chi connectivity index (χ1n) is 6.87. The number of hydrazine groups is 2. The molecule has 2 unspecified atom stereocenters. The molecule has 8 N–H and O–H groups in total. The van der Waals surface area contributed by atoms with Crippen molar-refractivity contribution in [2.24, 2.45) is 11.7 Å². The Kier molecular flexibility index (Phi) is 9.46. The molecule has 0 aliphatic rings. The predicted molar refractivity (Wildman–Crippen MR) is 78.3 cm³/mol. The van der Waals surface area contributed by atoms with Gasteiger partial charge in [-0.15, -0.1) is 0 Å². The molecule has 4 amide bonds. The number of hydrogen-bond acceptors (Lipinski definition) is 6. The van der Waals surface area contributed by atoms with Crippen LogP contribution in [-0.4, -0.2) is 35.7 Å². The monoisotopic (exact) mass is 316 g/mol. The summed E-state index contributed by atoms with van der Waals surface area (Å²) < 4.78 is 0. The van der Waals surface area contributed by atoms with Crippen LogP contribution in [0.2, 0.25) is 0 Å². The van der Waals surface area contributed by atoms with E-state index in [1.165, 1.54) is 13.8 Å². The zero-order valence-corrected chi connectivity index (χ0v) is 12.8. The third kappa shape index (κ3) is 8.17. The summed E-state index contributed by atoms with van der Waals surface area (Å²) in [4.78, 5) is 45.0. The van der Waals surface area contributed by atoms with Gasteiger partial charge in [0.1, 0.15) is 12.1 Å². The highest BCUT2D eigenvalue weighted by Gasteiger charge is 2.20. The number of rotatable bonds is 9. The van der Waals surface area contributed by atoms with Crippen LogP contribution in [0.15, 0.2) is 0 Å². The summed E-state index contributed by atoms with van der Waals surface area (Å²) in [6, 6.07) is -1.46. The standard InChI is InChI=1S/C12H24N6O4/c1-7(19)15-9(11(21)17-13)5-3-4-6-10(12(22)18-14)16-8(2)20/h9-10H,3-6,13-14H2,1-2H3,(H,15,19)(H,16,20)(H,17,21)(H,18,22). The molecule has 10 nitrogen and oxygen atoms in total. The molecular formula is C12H24N6O4. The van der Waals surface area contributed by atoms with Gasteiger partial charge in [0.25, 0.3) is 11.8 Å².